The number of hydrogen-bond donors (Lipinski definition) is 0. The molecule has 0 spiro atoms. The molecule has 0 aliphatic carbocycles. The van der Waals surface area contributed by atoms with E-state index in [1.54, 1.807) is 0 Å². The first-order valence-corrected chi connectivity index (χ1v) is 7.18. The zero-order valence-corrected chi connectivity index (χ0v) is 12.7. The highest BCUT2D eigenvalue weighted by atomic mass is 16.5. The van der Waals surface area contributed by atoms with Gasteiger partial charge >= 0.3 is 5.97 Å². The number of esters is 1. The molecule has 0 radical (unpaired) electrons. The first-order valence-electron chi connectivity index (χ1n) is 7.18. The lowest BCUT2D eigenvalue weighted by Gasteiger charge is -2.24. The Labute approximate surface area is 128 Å². The molecule has 0 saturated carbocycles. The van der Waals surface area contributed by atoms with Gasteiger partial charge in [0.15, 0.2) is 5.82 Å². The van der Waals surface area contributed by atoms with E-state index in [2.05, 4.69) is 15.0 Å². The van der Waals surface area contributed by atoms with Gasteiger partial charge in [-0.25, -0.2) is 15.0 Å². The molecule has 1 fully saturated rings. The topological polar surface area (TPSA) is 77.4 Å². The molecule has 1 aliphatic heterocycles. The van der Waals surface area contributed by atoms with E-state index >= 15 is 0 Å². The zero-order valence-electron chi connectivity index (χ0n) is 12.7. The Balaban J connectivity index is 1.98. The van der Waals surface area contributed by atoms with Crippen LogP contribution in [-0.4, -0.2) is 54.3 Å². The number of carbonyl (C=O) groups excluding carboxylic acids is 1. The van der Waals surface area contributed by atoms with Crippen LogP contribution in [0.2, 0.25) is 0 Å². The summed E-state index contributed by atoms with van der Waals surface area (Å²) in [6.45, 7) is 3.96. The number of aryl methyl sites for hydroxylation is 1. The van der Waals surface area contributed by atoms with Gasteiger partial charge in [-0.2, -0.15) is 0 Å². The average Bonchev–Trinajstić information content (AvgIpc) is 2.79. The third-order valence-electron chi connectivity index (χ3n) is 3.70. The van der Waals surface area contributed by atoms with Crippen LogP contribution in [0.15, 0.2) is 18.5 Å². The van der Waals surface area contributed by atoms with Crippen LogP contribution in [0.5, 0.6) is 0 Å². The van der Waals surface area contributed by atoms with E-state index < -0.39 is 0 Å². The van der Waals surface area contributed by atoms with Crippen molar-refractivity contribution in [1.82, 2.24) is 15.0 Å². The van der Waals surface area contributed by atoms with Gasteiger partial charge in [-0.3, -0.25) is 4.79 Å². The summed E-state index contributed by atoms with van der Waals surface area (Å²) in [5.41, 5.74) is 2.43. The first-order chi connectivity index (χ1) is 10.7. The van der Waals surface area contributed by atoms with Crippen molar-refractivity contribution in [2.24, 2.45) is 5.92 Å². The van der Waals surface area contributed by atoms with Crippen molar-refractivity contribution in [3.05, 3.63) is 24.2 Å². The molecule has 1 saturated heterocycles. The second-order valence-corrected chi connectivity index (χ2v) is 5.26. The van der Waals surface area contributed by atoms with Gasteiger partial charge in [0.1, 0.15) is 11.8 Å². The van der Waals surface area contributed by atoms with Crippen molar-refractivity contribution in [1.29, 1.82) is 0 Å². The minimum atomic E-state index is -0.331. The van der Waals surface area contributed by atoms with Gasteiger partial charge in [-0.15, -0.1) is 0 Å². The van der Waals surface area contributed by atoms with Gasteiger partial charge in [-0.05, 0) is 19.1 Å². The van der Waals surface area contributed by atoms with Gasteiger partial charge in [0, 0.05) is 18.8 Å². The minimum absolute atomic E-state index is 0.269. The third kappa shape index (κ3) is 2.85. The number of carbonyl (C=O) groups is 1. The van der Waals surface area contributed by atoms with Crippen molar-refractivity contribution < 1.29 is 14.3 Å². The molecule has 0 bridgehead atoms. The molecule has 1 atom stereocenters. The normalized spacial score (nSPS) is 19.0. The van der Waals surface area contributed by atoms with Crippen LogP contribution >= 0.6 is 0 Å². The quantitative estimate of drug-likeness (QED) is 0.765. The lowest BCUT2D eigenvalue weighted by Crippen LogP contribution is -2.35. The Morgan fingerprint density at radius 2 is 2.27 bits per heavy atom. The summed E-state index contributed by atoms with van der Waals surface area (Å²) in [5, 5.41) is 0. The Kier molecular flexibility index (Phi) is 4.15. The zero-order chi connectivity index (χ0) is 15.5. The number of fused-ring (bicyclic) bond motifs is 1. The molecule has 7 nitrogen and oxygen atoms in total. The highest BCUT2D eigenvalue weighted by molar-refractivity contribution is 5.85. The monoisotopic (exact) mass is 302 g/mol. The van der Waals surface area contributed by atoms with E-state index in [1.165, 1.54) is 13.4 Å². The van der Waals surface area contributed by atoms with Crippen LogP contribution in [-0.2, 0) is 14.3 Å². The summed E-state index contributed by atoms with van der Waals surface area (Å²) in [6, 6.07) is 3.84. The van der Waals surface area contributed by atoms with Crippen molar-refractivity contribution >= 4 is 22.8 Å². The lowest BCUT2D eigenvalue weighted by molar-refractivity contribution is -0.146. The molecule has 1 aliphatic rings. The number of pyridine rings is 1. The number of ether oxygens (including phenoxy) is 2. The molecule has 1 unspecified atom stereocenters. The summed E-state index contributed by atoms with van der Waals surface area (Å²) in [7, 11) is 1.39. The van der Waals surface area contributed by atoms with Crippen LogP contribution in [0.1, 0.15) is 5.69 Å². The van der Waals surface area contributed by atoms with Gasteiger partial charge in [0.2, 0.25) is 0 Å². The second kappa shape index (κ2) is 6.23. The fourth-order valence-electron chi connectivity index (χ4n) is 2.57. The average molecular weight is 302 g/mol. The Hall–Kier alpha value is -2.28. The SMILES string of the molecule is COC(=O)C1COCCN(c2ncnc3ccc(C)nc23)C1. The molecule has 116 valence electrons. The summed E-state index contributed by atoms with van der Waals surface area (Å²) in [6.07, 6.45) is 1.52. The number of hydrogen-bond acceptors (Lipinski definition) is 7. The van der Waals surface area contributed by atoms with Crippen LogP contribution < -0.4 is 4.90 Å². The predicted octanol–water partition coefficient (Wildman–Crippen LogP) is 0.959. The van der Waals surface area contributed by atoms with E-state index in [0.717, 1.165) is 22.5 Å². The van der Waals surface area contributed by atoms with Gasteiger partial charge < -0.3 is 14.4 Å². The molecule has 7 heteroatoms. The number of nitrogens with zero attached hydrogens (tertiary/aromatic N) is 4. The van der Waals surface area contributed by atoms with E-state index in [-0.39, 0.29) is 11.9 Å². The van der Waals surface area contributed by atoms with E-state index in [0.29, 0.717) is 26.3 Å². The molecule has 2 aromatic rings. The maximum Gasteiger partial charge on any atom is 0.312 e. The predicted molar refractivity (Wildman–Crippen MR) is 80.6 cm³/mol. The summed E-state index contributed by atoms with van der Waals surface area (Å²) in [5.74, 6) is 0.129. The Bertz CT molecular complexity index is 692. The number of methoxy groups -OCH3 is 1. The van der Waals surface area contributed by atoms with Crippen molar-refractivity contribution in [2.75, 3.05) is 38.3 Å². The van der Waals surface area contributed by atoms with Gasteiger partial charge in [-0.1, -0.05) is 0 Å². The number of aromatic nitrogens is 3. The molecule has 22 heavy (non-hydrogen) atoms. The lowest BCUT2D eigenvalue weighted by atomic mass is 10.1. The Morgan fingerprint density at radius 1 is 1.41 bits per heavy atom. The van der Waals surface area contributed by atoms with Crippen LogP contribution in [0, 0.1) is 12.8 Å². The third-order valence-corrected chi connectivity index (χ3v) is 3.70. The summed E-state index contributed by atoms with van der Waals surface area (Å²) < 4.78 is 10.4. The fourth-order valence-corrected chi connectivity index (χ4v) is 2.57. The number of anilines is 1. The second-order valence-electron chi connectivity index (χ2n) is 5.26. The maximum absolute atomic E-state index is 11.8. The van der Waals surface area contributed by atoms with Crippen molar-refractivity contribution in [2.45, 2.75) is 6.92 Å². The molecule has 0 amide bonds. The van der Waals surface area contributed by atoms with E-state index in [1.807, 2.05) is 24.0 Å². The molecule has 3 rings (SSSR count). The van der Waals surface area contributed by atoms with Crippen molar-refractivity contribution in [3.8, 4) is 0 Å². The minimum Gasteiger partial charge on any atom is -0.469 e. The smallest absolute Gasteiger partial charge is 0.312 e. The summed E-state index contributed by atoms with van der Waals surface area (Å²) in [4.78, 5) is 27.0. The molecular formula is C15H18N4O3. The maximum atomic E-state index is 11.8. The highest BCUT2D eigenvalue weighted by Gasteiger charge is 2.27. The summed E-state index contributed by atoms with van der Waals surface area (Å²) >= 11 is 0. The van der Waals surface area contributed by atoms with Gasteiger partial charge in [0.05, 0.1) is 31.8 Å². The largest absolute Gasteiger partial charge is 0.469 e. The van der Waals surface area contributed by atoms with Crippen LogP contribution in [0.3, 0.4) is 0 Å². The molecule has 0 aromatic carbocycles. The first kappa shape index (κ1) is 14.6. The van der Waals surface area contributed by atoms with E-state index in [4.69, 9.17) is 9.47 Å². The highest BCUT2D eigenvalue weighted by Crippen LogP contribution is 2.23. The van der Waals surface area contributed by atoms with Crippen LogP contribution in [0.25, 0.3) is 11.0 Å². The molecule has 0 N–H and O–H groups in total. The van der Waals surface area contributed by atoms with E-state index in [9.17, 15) is 4.79 Å². The standard InChI is InChI=1S/C15H18N4O3/c1-10-3-4-12-13(18-10)14(17-9-16-12)19-5-6-22-8-11(7-19)15(20)21-2/h3-4,9,11H,5-8H2,1-2H3. The molecule has 3 heterocycles. The van der Waals surface area contributed by atoms with Gasteiger partial charge in [0.25, 0.3) is 0 Å². The fraction of sp³-hybridized carbons (Fsp3) is 0.467. The molecule has 2 aromatic heterocycles. The Morgan fingerprint density at radius 3 is 3.09 bits per heavy atom. The van der Waals surface area contributed by atoms with Crippen molar-refractivity contribution in [3.63, 3.8) is 0 Å². The van der Waals surface area contributed by atoms with Crippen LogP contribution in [0.4, 0.5) is 5.82 Å². The number of rotatable bonds is 2. The molecular weight excluding hydrogens is 284 g/mol.